The number of benzene rings is 3. The van der Waals surface area contributed by atoms with Gasteiger partial charge in [-0.2, -0.15) is 0 Å². The summed E-state index contributed by atoms with van der Waals surface area (Å²) >= 11 is 0. The van der Waals surface area contributed by atoms with Crippen LogP contribution in [0.1, 0.15) is 54.4 Å². The number of anilines is 1. The van der Waals surface area contributed by atoms with Crippen LogP contribution in [0.5, 0.6) is 5.75 Å². The van der Waals surface area contributed by atoms with Crippen molar-refractivity contribution in [1.29, 1.82) is 0 Å². The molecule has 0 saturated carbocycles. The van der Waals surface area contributed by atoms with E-state index in [1.54, 1.807) is 24.3 Å². The highest BCUT2D eigenvalue weighted by Crippen LogP contribution is 2.55. The molecule has 0 fully saturated rings. The number of hydrogen-bond acceptors (Lipinski definition) is 4. The minimum Gasteiger partial charge on any atom is -0.491 e. The second-order valence-corrected chi connectivity index (χ2v) is 11.4. The van der Waals surface area contributed by atoms with Crippen molar-refractivity contribution in [3.05, 3.63) is 95.1 Å². The molecule has 0 radical (unpaired) electrons. The first-order chi connectivity index (χ1) is 16.8. The first-order valence-corrected chi connectivity index (χ1v) is 13.7. The van der Waals surface area contributed by atoms with Gasteiger partial charge < -0.3 is 10.1 Å². The van der Waals surface area contributed by atoms with Crippen molar-refractivity contribution in [1.82, 2.24) is 5.32 Å². The minimum absolute atomic E-state index is 0.0302. The topological polar surface area (TPSA) is 84.5 Å². The third-order valence-corrected chi connectivity index (χ3v) is 7.99. The SMILES string of the molecule is CC(C)Oc1ccc(NS(=O)(=O)CC(=O)NCC2CC3c4ccccc4C2c2ccccc23)cc1. The molecule has 0 spiro atoms. The van der Waals surface area contributed by atoms with Gasteiger partial charge in [-0.3, -0.25) is 9.52 Å². The predicted molar refractivity (Wildman–Crippen MR) is 137 cm³/mol. The maximum atomic E-state index is 12.6. The van der Waals surface area contributed by atoms with Crippen LogP contribution in [0.3, 0.4) is 0 Å². The number of sulfonamides is 1. The van der Waals surface area contributed by atoms with E-state index in [4.69, 9.17) is 4.74 Å². The molecule has 3 aliphatic rings. The highest BCUT2D eigenvalue weighted by molar-refractivity contribution is 7.93. The van der Waals surface area contributed by atoms with E-state index in [1.165, 1.54) is 22.3 Å². The summed E-state index contributed by atoms with van der Waals surface area (Å²) in [5.41, 5.74) is 5.78. The molecule has 2 bridgehead atoms. The highest BCUT2D eigenvalue weighted by Gasteiger charge is 2.42. The molecular weight excluding hydrogens is 460 g/mol. The number of carbonyl (C=O) groups excluding carboxylic acids is 1. The zero-order valence-electron chi connectivity index (χ0n) is 19.9. The molecule has 0 saturated heterocycles. The monoisotopic (exact) mass is 490 g/mol. The average molecular weight is 491 g/mol. The average Bonchev–Trinajstić information content (AvgIpc) is 2.83. The van der Waals surface area contributed by atoms with E-state index in [1.807, 2.05) is 13.8 Å². The summed E-state index contributed by atoms with van der Waals surface area (Å²) in [5.74, 6) is 0.269. The van der Waals surface area contributed by atoms with Crippen molar-refractivity contribution in [2.75, 3.05) is 17.0 Å². The van der Waals surface area contributed by atoms with Crippen LogP contribution in [-0.2, 0) is 14.8 Å². The van der Waals surface area contributed by atoms with E-state index in [-0.39, 0.29) is 17.9 Å². The molecule has 182 valence electrons. The summed E-state index contributed by atoms with van der Waals surface area (Å²) in [4.78, 5) is 12.6. The summed E-state index contributed by atoms with van der Waals surface area (Å²) in [7, 11) is -3.83. The lowest BCUT2D eigenvalue weighted by Gasteiger charge is -2.45. The lowest BCUT2D eigenvalue weighted by Crippen LogP contribution is -2.41. The summed E-state index contributed by atoms with van der Waals surface area (Å²) in [6.07, 6.45) is 0.969. The van der Waals surface area contributed by atoms with Gasteiger partial charge in [0.25, 0.3) is 0 Å². The summed E-state index contributed by atoms with van der Waals surface area (Å²) in [6, 6.07) is 23.7. The largest absolute Gasteiger partial charge is 0.491 e. The fourth-order valence-corrected chi connectivity index (χ4v) is 6.53. The van der Waals surface area contributed by atoms with Gasteiger partial charge in [0.2, 0.25) is 15.9 Å². The van der Waals surface area contributed by atoms with Crippen LogP contribution in [0.25, 0.3) is 0 Å². The molecular formula is C28H30N2O4S. The normalized spacial score (nSPS) is 20.1. The van der Waals surface area contributed by atoms with E-state index < -0.39 is 21.7 Å². The van der Waals surface area contributed by atoms with Gasteiger partial charge in [-0.25, -0.2) is 8.42 Å². The molecule has 0 heterocycles. The molecule has 2 N–H and O–H groups in total. The molecule has 1 amide bonds. The van der Waals surface area contributed by atoms with Crippen LogP contribution in [0, 0.1) is 5.92 Å². The van der Waals surface area contributed by atoms with Gasteiger partial charge in [-0.15, -0.1) is 0 Å². The van der Waals surface area contributed by atoms with Crippen LogP contribution in [0.15, 0.2) is 72.8 Å². The van der Waals surface area contributed by atoms with Gasteiger partial charge >= 0.3 is 0 Å². The Morgan fingerprint density at radius 1 is 0.914 bits per heavy atom. The molecule has 1 atom stereocenters. The standard InChI is InChI=1S/C28H30N2O4S/c1-18(2)34-21-13-11-20(12-14-21)30-35(32,33)17-27(31)29-16-19-15-26-22-7-3-5-9-24(22)28(19)25-10-6-4-8-23(25)26/h3-14,18-19,26,28,30H,15-17H2,1-2H3,(H,29,31). The van der Waals surface area contributed by atoms with Crippen molar-refractivity contribution in [2.45, 2.75) is 38.2 Å². The lowest BCUT2D eigenvalue weighted by molar-refractivity contribution is -0.118. The third-order valence-electron chi connectivity index (χ3n) is 6.80. The Labute approximate surface area is 206 Å². The lowest BCUT2D eigenvalue weighted by atomic mass is 9.59. The summed E-state index contributed by atoms with van der Waals surface area (Å²) in [6.45, 7) is 4.29. The van der Waals surface area contributed by atoms with Crippen LogP contribution < -0.4 is 14.8 Å². The van der Waals surface area contributed by atoms with Gasteiger partial charge in [0, 0.05) is 24.1 Å². The first-order valence-electron chi connectivity index (χ1n) is 12.0. The van der Waals surface area contributed by atoms with Crippen molar-refractivity contribution >= 4 is 21.6 Å². The fourth-order valence-electron chi connectivity index (χ4n) is 5.52. The Morgan fingerprint density at radius 2 is 1.49 bits per heavy atom. The van der Waals surface area contributed by atoms with Crippen molar-refractivity contribution < 1.29 is 17.9 Å². The Morgan fingerprint density at radius 3 is 2.06 bits per heavy atom. The Kier molecular flexibility index (Phi) is 6.28. The zero-order chi connectivity index (χ0) is 24.6. The Bertz CT molecular complexity index is 1290. The Balaban J connectivity index is 1.22. The molecule has 3 aliphatic carbocycles. The molecule has 3 aromatic rings. The minimum atomic E-state index is -3.83. The van der Waals surface area contributed by atoms with Crippen molar-refractivity contribution in [3.8, 4) is 5.75 Å². The van der Waals surface area contributed by atoms with E-state index in [0.717, 1.165) is 6.42 Å². The van der Waals surface area contributed by atoms with Crippen LogP contribution in [-0.4, -0.2) is 32.7 Å². The van der Waals surface area contributed by atoms with E-state index >= 15 is 0 Å². The highest BCUT2D eigenvalue weighted by atomic mass is 32.2. The number of carbonyl (C=O) groups is 1. The second-order valence-electron chi connectivity index (χ2n) is 9.64. The molecule has 1 unspecified atom stereocenters. The summed E-state index contributed by atoms with van der Waals surface area (Å²) in [5, 5.41) is 2.89. The maximum absolute atomic E-state index is 12.6. The van der Waals surface area contributed by atoms with Gasteiger partial charge in [0.1, 0.15) is 11.5 Å². The molecule has 6 rings (SSSR count). The van der Waals surface area contributed by atoms with Gasteiger partial charge in [0.15, 0.2) is 0 Å². The van der Waals surface area contributed by atoms with E-state index in [9.17, 15) is 13.2 Å². The smallest absolute Gasteiger partial charge is 0.241 e. The molecule has 7 heteroatoms. The van der Waals surface area contributed by atoms with Crippen LogP contribution in [0.4, 0.5) is 5.69 Å². The number of hydrogen-bond donors (Lipinski definition) is 2. The van der Waals surface area contributed by atoms with Crippen molar-refractivity contribution in [2.24, 2.45) is 5.92 Å². The maximum Gasteiger partial charge on any atom is 0.241 e. The summed E-state index contributed by atoms with van der Waals surface area (Å²) < 4.78 is 33.2. The van der Waals surface area contributed by atoms with Crippen molar-refractivity contribution in [3.63, 3.8) is 0 Å². The number of rotatable bonds is 8. The zero-order valence-corrected chi connectivity index (χ0v) is 20.7. The quantitative estimate of drug-likeness (QED) is 0.482. The predicted octanol–water partition coefficient (Wildman–Crippen LogP) is 4.63. The molecule has 35 heavy (non-hydrogen) atoms. The molecule has 6 nitrogen and oxygen atoms in total. The number of amides is 1. The third kappa shape index (κ3) is 4.91. The van der Waals surface area contributed by atoms with Gasteiger partial charge in [-0.05, 0) is 72.7 Å². The Hall–Kier alpha value is -3.32. The van der Waals surface area contributed by atoms with Crippen LogP contribution in [0.2, 0.25) is 0 Å². The van der Waals surface area contributed by atoms with E-state index in [2.05, 4.69) is 58.6 Å². The molecule has 3 aromatic carbocycles. The first kappa shape index (κ1) is 23.4. The van der Waals surface area contributed by atoms with E-state index in [0.29, 0.717) is 23.9 Å². The van der Waals surface area contributed by atoms with Crippen LogP contribution >= 0.6 is 0 Å². The molecule has 0 aromatic heterocycles. The number of fused-ring (bicyclic) bond motifs is 1. The van der Waals surface area contributed by atoms with Gasteiger partial charge in [0.05, 0.1) is 6.10 Å². The van der Waals surface area contributed by atoms with Gasteiger partial charge in [-0.1, -0.05) is 48.5 Å². The molecule has 0 aliphatic heterocycles. The number of ether oxygens (including phenoxy) is 1. The second kappa shape index (κ2) is 9.38. The number of nitrogens with one attached hydrogen (secondary N) is 2. The fraction of sp³-hybridized carbons (Fsp3) is 0.321.